The zero-order chi connectivity index (χ0) is 15.8. The molecule has 0 spiro atoms. The van der Waals surface area contributed by atoms with Crippen molar-refractivity contribution in [2.45, 2.75) is 12.8 Å². The second-order valence-corrected chi connectivity index (χ2v) is 5.01. The van der Waals surface area contributed by atoms with Gasteiger partial charge in [0, 0.05) is 25.2 Å². The fourth-order valence-electron chi connectivity index (χ4n) is 1.89. The summed E-state index contributed by atoms with van der Waals surface area (Å²) in [4.78, 5) is 24.4. The molecule has 0 aromatic heterocycles. The Kier molecular flexibility index (Phi) is 6.61. The number of carbonyl (C=O) groups excluding carboxylic acids is 1. The van der Waals surface area contributed by atoms with Crippen molar-refractivity contribution < 1.29 is 9.72 Å². The predicted octanol–water partition coefficient (Wildman–Crippen LogP) is 1.71. The molecule has 1 rings (SSSR count). The number of nitrogens with one attached hydrogen (secondary N) is 2. The fraction of sp³-hybridized carbons (Fsp3) is 0.500. The van der Waals surface area contributed by atoms with Crippen molar-refractivity contribution in [3.05, 3.63) is 33.9 Å². The molecule has 0 aliphatic rings. The van der Waals surface area contributed by atoms with E-state index in [9.17, 15) is 14.9 Å². The Morgan fingerprint density at radius 3 is 2.62 bits per heavy atom. The van der Waals surface area contributed by atoms with Gasteiger partial charge in [0.15, 0.2) is 0 Å². The van der Waals surface area contributed by atoms with E-state index >= 15 is 0 Å². The van der Waals surface area contributed by atoms with Crippen molar-refractivity contribution in [2.75, 3.05) is 39.5 Å². The average Bonchev–Trinajstić information content (AvgIpc) is 2.45. The van der Waals surface area contributed by atoms with Gasteiger partial charge < -0.3 is 15.5 Å². The molecule has 0 radical (unpaired) electrons. The van der Waals surface area contributed by atoms with Crippen molar-refractivity contribution in [1.29, 1.82) is 0 Å². The van der Waals surface area contributed by atoms with Gasteiger partial charge in [-0.2, -0.15) is 0 Å². The minimum atomic E-state index is -0.477. The van der Waals surface area contributed by atoms with E-state index in [0.29, 0.717) is 17.8 Å². The van der Waals surface area contributed by atoms with E-state index in [1.807, 2.05) is 14.1 Å². The highest BCUT2D eigenvalue weighted by molar-refractivity contribution is 5.95. The van der Waals surface area contributed by atoms with Gasteiger partial charge in [-0.15, -0.1) is 0 Å². The molecule has 0 atom stereocenters. The first-order valence-electron chi connectivity index (χ1n) is 6.85. The van der Waals surface area contributed by atoms with E-state index in [4.69, 9.17) is 0 Å². The average molecular weight is 294 g/mol. The van der Waals surface area contributed by atoms with E-state index in [1.54, 1.807) is 7.05 Å². The van der Waals surface area contributed by atoms with E-state index in [1.165, 1.54) is 18.2 Å². The molecule has 0 unspecified atom stereocenters. The van der Waals surface area contributed by atoms with Gasteiger partial charge in [-0.3, -0.25) is 14.9 Å². The lowest BCUT2D eigenvalue weighted by atomic mass is 10.1. The topological polar surface area (TPSA) is 87.5 Å². The Labute approximate surface area is 124 Å². The maximum Gasteiger partial charge on any atom is 0.292 e. The van der Waals surface area contributed by atoms with E-state index in [-0.39, 0.29) is 11.6 Å². The molecule has 1 amide bonds. The van der Waals surface area contributed by atoms with Crippen molar-refractivity contribution in [3.8, 4) is 0 Å². The lowest BCUT2D eigenvalue weighted by molar-refractivity contribution is -0.383. The Morgan fingerprint density at radius 2 is 2.05 bits per heavy atom. The van der Waals surface area contributed by atoms with Gasteiger partial charge in [0.05, 0.1) is 4.92 Å². The molecule has 1 aromatic carbocycles. The third kappa shape index (κ3) is 5.39. The summed E-state index contributed by atoms with van der Waals surface area (Å²) in [6, 6.07) is 4.30. The van der Waals surface area contributed by atoms with Crippen molar-refractivity contribution in [1.82, 2.24) is 10.2 Å². The molecule has 0 saturated heterocycles. The van der Waals surface area contributed by atoms with Crippen LogP contribution in [-0.2, 0) is 0 Å². The van der Waals surface area contributed by atoms with E-state index in [2.05, 4.69) is 15.5 Å². The Bertz CT molecular complexity index is 503. The summed E-state index contributed by atoms with van der Waals surface area (Å²) < 4.78 is 0. The minimum absolute atomic E-state index is 0.0416. The summed E-state index contributed by atoms with van der Waals surface area (Å²) in [7, 11) is 5.61. The summed E-state index contributed by atoms with van der Waals surface area (Å²) in [6.45, 7) is 1.58. The van der Waals surface area contributed by atoms with E-state index in [0.717, 1.165) is 19.4 Å². The van der Waals surface area contributed by atoms with Gasteiger partial charge in [0.25, 0.3) is 11.6 Å². The first kappa shape index (κ1) is 16.9. The molecule has 0 fully saturated rings. The number of carbonyl (C=O) groups is 1. The molecular weight excluding hydrogens is 272 g/mol. The zero-order valence-corrected chi connectivity index (χ0v) is 12.7. The number of nitrogens with zero attached hydrogens (tertiary/aromatic N) is 2. The first-order chi connectivity index (χ1) is 9.95. The Hall–Kier alpha value is -2.15. The van der Waals surface area contributed by atoms with Gasteiger partial charge in [-0.05, 0) is 45.6 Å². The van der Waals surface area contributed by atoms with Crippen LogP contribution in [0.3, 0.4) is 0 Å². The molecule has 2 N–H and O–H groups in total. The Balaban J connectivity index is 2.56. The number of unbranched alkanes of at least 4 members (excludes halogenated alkanes) is 1. The molecule has 0 heterocycles. The number of hydrogen-bond acceptors (Lipinski definition) is 5. The molecule has 21 heavy (non-hydrogen) atoms. The first-order valence-corrected chi connectivity index (χ1v) is 6.85. The van der Waals surface area contributed by atoms with Crippen LogP contribution in [-0.4, -0.2) is 50.0 Å². The third-order valence-electron chi connectivity index (χ3n) is 3.04. The zero-order valence-electron chi connectivity index (χ0n) is 12.7. The highest BCUT2D eigenvalue weighted by atomic mass is 16.6. The SMILES string of the molecule is CNc1cc(C(=O)NCCCCN(C)C)ccc1[N+](=O)[O-]. The number of hydrogen-bond donors (Lipinski definition) is 2. The highest BCUT2D eigenvalue weighted by Gasteiger charge is 2.15. The van der Waals surface area contributed by atoms with Crippen LogP contribution in [0.1, 0.15) is 23.2 Å². The van der Waals surface area contributed by atoms with Gasteiger partial charge in [-0.25, -0.2) is 0 Å². The number of rotatable bonds is 8. The molecule has 7 heteroatoms. The van der Waals surface area contributed by atoms with Crippen LogP contribution in [0, 0.1) is 10.1 Å². The second-order valence-electron chi connectivity index (χ2n) is 5.01. The number of amides is 1. The quantitative estimate of drug-likeness (QED) is 0.433. The van der Waals surface area contributed by atoms with Crippen LogP contribution >= 0.6 is 0 Å². The Morgan fingerprint density at radius 1 is 1.33 bits per heavy atom. The smallest absolute Gasteiger partial charge is 0.292 e. The largest absolute Gasteiger partial charge is 0.383 e. The van der Waals surface area contributed by atoms with Crippen LogP contribution in [0.5, 0.6) is 0 Å². The summed E-state index contributed by atoms with van der Waals surface area (Å²) in [6.07, 6.45) is 1.91. The molecule has 0 saturated carbocycles. The number of benzene rings is 1. The normalized spacial score (nSPS) is 10.5. The van der Waals surface area contributed by atoms with Crippen LogP contribution in [0.2, 0.25) is 0 Å². The lowest BCUT2D eigenvalue weighted by Crippen LogP contribution is -2.25. The van der Waals surface area contributed by atoms with Gasteiger partial charge >= 0.3 is 0 Å². The van der Waals surface area contributed by atoms with Crippen LogP contribution in [0.4, 0.5) is 11.4 Å². The highest BCUT2D eigenvalue weighted by Crippen LogP contribution is 2.24. The summed E-state index contributed by atoms with van der Waals surface area (Å²) in [5.74, 6) is -0.216. The summed E-state index contributed by atoms with van der Waals surface area (Å²) in [5, 5.41) is 16.4. The van der Waals surface area contributed by atoms with Gasteiger partial charge in [0.2, 0.25) is 0 Å². The van der Waals surface area contributed by atoms with Crippen LogP contribution < -0.4 is 10.6 Å². The molecule has 0 bridgehead atoms. The molecule has 1 aromatic rings. The molecule has 0 aliphatic carbocycles. The number of anilines is 1. The standard InChI is InChI=1S/C14H22N4O3/c1-15-12-10-11(6-7-13(12)18(20)21)14(19)16-8-4-5-9-17(2)3/h6-7,10,15H,4-5,8-9H2,1-3H3,(H,16,19). The van der Waals surface area contributed by atoms with Gasteiger partial charge in [0.1, 0.15) is 5.69 Å². The van der Waals surface area contributed by atoms with Crippen molar-refractivity contribution >= 4 is 17.3 Å². The van der Waals surface area contributed by atoms with E-state index < -0.39 is 4.92 Å². The van der Waals surface area contributed by atoms with Crippen molar-refractivity contribution in [3.63, 3.8) is 0 Å². The monoisotopic (exact) mass is 294 g/mol. The lowest BCUT2D eigenvalue weighted by Gasteiger charge is -2.10. The number of nitro benzene ring substituents is 1. The third-order valence-corrected chi connectivity index (χ3v) is 3.04. The van der Waals surface area contributed by atoms with Crippen LogP contribution in [0.25, 0.3) is 0 Å². The minimum Gasteiger partial charge on any atom is -0.383 e. The molecule has 116 valence electrons. The second kappa shape index (κ2) is 8.21. The molecule has 7 nitrogen and oxygen atoms in total. The molecule has 0 aliphatic heterocycles. The predicted molar refractivity (Wildman–Crippen MR) is 82.8 cm³/mol. The molecular formula is C14H22N4O3. The fourth-order valence-corrected chi connectivity index (χ4v) is 1.89. The summed E-state index contributed by atoms with van der Waals surface area (Å²) >= 11 is 0. The van der Waals surface area contributed by atoms with Gasteiger partial charge in [-0.1, -0.05) is 0 Å². The maximum absolute atomic E-state index is 12.0. The van der Waals surface area contributed by atoms with Crippen LogP contribution in [0.15, 0.2) is 18.2 Å². The maximum atomic E-state index is 12.0. The van der Waals surface area contributed by atoms with Crippen molar-refractivity contribution in [2.24, 2.45) is 0 Å². The number of nitro groups is 1. The summed E-state index contributed by atoms with van der Waals surface area (Å²) in [5.41, 5.74) is 0.706.